The summed E-state index contributed by atoms with van der Waals surface area (Å²) in [5.74, 6) is -0.111. The molecular weight excluding hydrogens is 352 g/mol. The Morgan fingerprint density at radius 3 is 2.50 bits per heavy atom. The Kier molecular flexibility index (Phi) is 6.47. The van der Waals surface area contributed by atoms with E-state index in [1.165, 1.54) is 0 Å². The number of morpholine rings is 1. The van der Waals surface area contributed by atoms with E-state index in [0.717, 1.165) is 16.7 Å². The fraction of sp³-hybridized carbons (Fsp3) is 0.391. The third-order valence-electron chi connectivity index (χ3n) is 5.17. The van der Waals surface area contributed by atoms with Crippen molar-refractivity contribution >= 4 is 11.8 Å². The van der Waals surface area contributed by atoms with Gasteiger partial charge in [0.1, 0.15) is 0 Å². The number of benzene rings is 2. The molecule has 1 heterocycles. The molecule has 148 valence electrons. The second-order valence-corrected chi connectivity index (χ2v) is 7.07. The van der Waals surface area contributed by atoms with Crippen molar-refractivity contribution in [1.82, 2.24) is 10.2 Å². The average Bonchev–Trinajstić information content (AvgIpc) is 2.74. The number of nitrogens with zero attached hydrogens (tertiary/aromatic N) is 1. The molecule has 5 heteroatoms. The summed E-state index contributed by atoms with van der Waals surface area (Å²) in [6, 6.07) is 18.2. The summed E-state index contributed by atoms with van der Waals surface area (Å²) in [5.41, 5.74) is 2.13. The zero-order valence-corrected chi connectivity index (χ0v) is 16.6. The van der Waals surface area contributed by atoms with Gasteiger partial charge in [-0.05, 0) is 23.6 Å². The number of hydrogen-bond acceptors (Lipinski definition) is 3. The number of nitrogens with one attached hydrogen (secondary N) is 1. The quantitative estimate of drug-likeness (QED) is 0.838. The predicted molar refractivity (Wildman–Crippen MR) is 110 cm³/mol. The molecule has 0 radical (unpaired) electrons. The summed E-state index contributed by atoms with van der Waals surface area (Å²) in [5, 5.41) is 2.91. The molecule has 1 unspecified atom stereocenters. The smallest absolute Gasteiger partial charge is 0.254 e. The molecule has 0 bridgehead atoms. The second-order valence-electron chi connectivity index (χ2n) is 7.07. The molecule has 1 N–H and O–H groups in total. The van der Waals surface area contributed by atoms with Crippen LogP contribution in [0.1, 0.15) is 25.8 Å². The Hall–Kier alpha value is -2.66. The van der Waals surface area contributed by atoms with Gasteiger partial charge < -0.3 is 15.0 Å². The van der Waals surface area contributed by atoms with Gasteiger partial charge in [0.2, 0.25) is 5.91 Å². The molecule has 2 aromatic carbocycles. The van der Waals surface area contributed by atoms with Crippen LogP contribution >= 0.6 is 0 Å². The lowest BCUT2D eigenvalue weighted by atomic mass is 9.87. The standard InChI is InChI=1S/C23H28N2O3/c1-3-21(26)25-14-15-28-23(17-25,22(27)24-4-2)16-19-12-8-9-13-20(19)18-10-6-5-7-11-18/h5-13H,3-4,14-17H2,1-2H3,(H,24,27). The molecule has 3 rings (SSSR count). The maximum Gasteiger partial charge on any atom is 0.254 e. The van der Waals surface area contributed by atoms with Gasteiger partial charge >= 0.3 is 0 Å². The van der Waals surface area contributed by atoms with Crippen molar-refractivity contribution in [3.8, 4) is 11.1 Å². The lowest BCUT2D eigenvalue weighted by Gasteiger charge is -2.42. The van der Waals surface area contributed by atoms with E-state index >= 15 is 0 Å². The van der Waals surface area contributed by atoms with Crippen LogP contribution in [0.4, 0.5) is 0 Å². The van der Waals surface area contributed by atoms with Crippen molar-refractivity contribution in [3.05, 3.63) is 60.2 Å². The first-order valence-electron chi connectivity index (χ1n) is 9.93. The number of likely N-dealkylation sites (N-methyl/N-ethyl adjacent to an activating group) is 1. The van der Waals surface area contributed by atoms with E-state index in [4.69, 9.17) is 4.74 Å². The third-order valence-corrected chi connectivity index (χ3v) is 5.17. The lowest BCUT2D eigenvalue weighted by Crippen LogP contribution is -2.62. The van der Waals surface area contributed by atoms with E-state index < -0.39 is 5.60 Å². The average molecular weight is 380 g/mol. The highest BCUT2D eigenvalue weighted by molar-refractivity contribution is 5.87. The van der Waals surface area contributed by atoms with Crippen molar-refractivity contribution in [3.63, 3.8) is 0 Å². The molecule has 2 aromatic rings. The third kappa shape index (κ3) is 4.25. The van der Waals surface area contributed by atoms with E-state index in [0.29, 0.717) is 32.5 Å². The minimum Gasteiger partial charge on any atom is -0.361 e. The Morgan fingerprint density at radius 1 is 1.07 bits per heavy atom. The maximum atomic E-state index is 13.1. The molecular formula is C23H28N2O3. The van der Waals surface area contributed by atoms with Crippen LogP contribution in [0, 0.1) is 0 Å². The minimum atomic E-state index is -1.08. The fourth-order valence-electron chi connectivity index (χ4n) is 3.75. The summed E-state index contributed by atoms with van der Waals surface area (Å²) in [7, 11) is 0. The van der Waals surface area contributed by atoms with Crippen LogP contribution < -0.4 is 5.32 Å². The van der Waals surface area contributed by atoms with Gasteiger partial charge in [-0.25, -0.2) is 0 Å². The molecule has 1 aliphatic heterocycles. The van der Waals surface area contributed by atoms with Gasteiger partial charge in [0.05, 0.1) is 13.2 Å². The maximum absolute atomic E-state index is 13.1. The molecule has 0 spiro atoms. The fourth-order valence-corrected chi connectivity index (χ4v) is 3.75. The van der Waals surface area contributed by atoms with Crippen LogP contribution in [0.25, 0.3) is 11.1 Å². The zero-order valence-electron chi connectivity index (χ0n) is 16.6. The van der Waals surface area contributed by atoms with Crippen molar-refractivity contribution in [2.75, 3.05) is 26.2 Å². The van der Waals surface area contributed by atoms with E-state index in [1.807, 2.05) is 50.2 Å². The summed E-state index contributed by atoms with van der Waals surface area (Å²) < 4.78 is 6.09. The van der Waals surface area contributed by atoms with E-state index in [1.54, 1.807) is 4.90 Å². The number of carbonyl (C=O) groups excluding carboxylic acids is 2. The van der Waals surface area contributed by atoms with Crippen LogP contribution in [0.2, 0.25) is 0 Å². The van der Waals surface area contributed by atoms with Crippen LogP contribution in [0.5, 0.6) is 0 Å². The highest BCUT2D eigenvalue weighted by Gasteiger charge is 2.45. The highest BCUT2D eigenvalue weighted by atomic mass is 16.5. The van der Waals surface area contributed by atoms with Gasteiger partial charge in [0, 0.05) is 25.9 Å². The van der Waals surface area contributed by atoms with Gasteiger partial charge in [-0.1, -0.05) is 61.5 Å². The molecule has 0 saturated carbocycles. The number of hydrogen-bond donors (Lipinski definition) is 1. The number of rotatable bonds is 6. The molecule has 2 amide bonds. The van der Waals surface area contributed by atoms with Crippen molar-refractivity contribution in [1.29, 1.82) is 0 Å². The first kappa shape index (κ1) is 20.1. The number of ether oxygens (including phenoxy) is 1. The van der Waals surface area contributed by atoms with Gasteiger partial charge in [-0.3, -0.25) is 9.59 Å². The summed E-state index contributed by atoms with van der Waals surface area (Å²) in [6.45, 7) is 5.41. The van der Waals surface area contributed by atoms with Crippen LogP contribution in [-0.4, -0.2) is 48.6 Å². The Balaban J connectivity index is 1.97. The molecule has 0 aliphatic carbocycles. The molecule has 28 heavy (non-hydrogen) atoms. The van der Waals surface area contributed by atoms with Crippen LogP contribution in [0.15, 0.2) is 54.6 Å². The number of carbonyl (C=O) groups is 2. The van der Waals surface area contributed by atoms with E-state index in [-0.39, 0.29) is 18.4 Å². The van der Waals surface area contributed by atoms with Gasteiger partial charge in [-0.2, -0.15) is 0 Å². The predicted octanol–water partition coefficient (Wildman–Crippen LogP) is 3.04. The minimum absolute atomic E-state index is 0.0494. The number of amides is 2. The first-order chi connectivity index (χ1) is 13.6. The van der Waals surface area contributed by atoms with Gasteiger partial charge in [-0.15, -0.1) is 0 Å². The van der Waals surface area contributed by atoms with Gasteiger partial charge in [0.25, 0.3) is 5.91 Å². The van der Waals surface area contributed by atoms with E-state index in [9.17, 15) is 9.59 Å². The SMILES string of the molecule is CCNC(=O)C1(Cc2ccccc2-c2ccccc2)CN(C(=O)CC)CCO1. The van der Waals surface area contributed by atoms with Crippen molar-refractivity contribution in [2.45, 2.75) is 32.3 Å². The molecule has 1 fully saturated rings. The summed E-state index contributed by atoms with van der Waals surface area (Å²) in [4.78, 5) is 27.1. The molecule has 5 nitrogen and oxygen atoms in total. The Labute approximate surface area is 166 Å². The Bertz CT molecular complexity index is 822. The highest BCUT2D eigenvalue weighted by Crippen LogP contribution is 2.30. The Morgan fingerprint density at radius 2 is 1.79 bits per heavy atom. The molecule has 1 atom stereocenters. The zero-order chi connectivity index (χ0) is 20.0. The lowest BCUT2D eigenvalue weighted by molar-refractivity contribution is -0.165. The molecule has 1 saturated heterocycles. The van der Waals surface area contributed by atoms with Crippen molar-refractivity contribution in [2.24, 2.45) is 0 Å². The van der Waals surface area contributed by atoms with Crippen molar-refractivity contribution < 1.29 is 14.3 Å². The van der Waals surface area contributed by atoms with Gasteiger partial charge in [0.15, 0.2) is 5.60 Å². The monoisotopic (exact) mass is 380 g/mol. The molecule has 0 aromatic heterocycles. The topological polar surface area (TPSA) is 58.6 Å². The normalized spacial score (nSPS) is 19.3. The van der Waals surface area contributed by atoms with E-state index in [2.05, 4.69) is 23.5 Å². The summed E-state index contributed by atoms with van der Waals surface area (Å²) >= 11 is 0. The second kappa shape index (κ2) is 9.02. The van der Waals surface area contributed by atoms with Crippen LogP contribution in [-0.2, 0) is 20.7 Å². The molecule has 1 aliphatic rings. The van der Waals surface area contributed by atoms with Crippen LogP contribution in [0.3, 0.4) is 0 Å². The summed E-state index contributed by atoms with van der Waals surface area (Å²) in [6.07, 6.45) is 0.837. The first-order valence-corrected chi connectivity index (χ1v) is 9.93. The largest absolute Gasteiger partial charge is 0.361 e.